The van der Waals surface area contributed by atoms with E-state index in [-0.39, 0.29) is 22.4 Å². The van der Waals surface area contributed by atoms with E-state index in [1.165, 1.54) is 49.9 Å². The van der Waals surface area contributed by atoms with Crippen molar-refractivity contribution in [2.45, 2.75) is 31.6 Å². The van der Waals surface area contributed by atoms with Crippen molar-refractivity contribution >= 4 is 21.9 Å². The van der Waals surface area contributed by atoms with Gasteiger partial charge in [-0.3, -0.25) is 10.1 Å². The van der Waals surface area contributed by atoms with E-state index < -0.39 is 15.9 Å². The van der Waals surface area contributed by atoms with E-state index >= 15 is 0 Å². The van der Waals surface area contributed by atoms with E-state index in [0.29, 0.717) is 48.7 Å². The van der Waals surface area contributed by atoms with Crippen molar-refractivity contribution in [2.24, 2.45) is 0 Å². The number of carbonyl (C=O) groups excluding carboxylic acids is 1. The van der Waals surface area contributed by atoms with Crippen LogP contribution in [0.2, 0.25) is 0 Å². The number of carbonyl (C=O) groups is 1. The first-order valence-electron chi connectivity index (χ1n) is 11.3. The molecule has 0 aliphatic rings. The highest BCUT2D eigenvalue weighted by atomic mass is 32.2. The molecular formula is C24H30N4O7S. The van der Waals surface area contributed by atoms with Crippen molar-refractivity contribution in [3.63, 3.8) is 0 Å². The summed E-state index contributed by atoms with van der Waals surface area (Å²) < 4.78 is 48.9. The molecule has 0 atom stereocenters. The summed E-state index contributed by atoms with van der Waals surface area (Å²) in [7, 11) is 0.832. The number of anilines is 1. The van der Waals surface area contributed by atoms with Crippen molar-refractivity contribution in [1.82, 2.24) is 14.5 Å². The van der Waals surface area contributed by atoms with Crippen LogP contribution in [-0.4, -0.2) is 63.2 Å². The molecule has 0 fully saturated rings. The highest BCUT2D eigenvalue weighted by molar-refractivity contribution is 7.89. The van der Waals surface area contributed by atoms with Gasteiger partial charge >= 0.3 is 6.01 Å². The Labute approximate surface area is 210 Å². The smallest absolute Gasteiger partial charge is 0.322 e. The summed E-state index contributed by atoms with van der Waals surface area (Å²) in [5, 5.41) is 10.4. The summed E-state index contributed by atoms with van der Waals surface area (Å²) in [6, 6.07) is 8.86. The first kappa shape index (κ1) is 27.0. The van der Waals surface area contributed by atoms with Crippen molar-refractivity contribution in [3.05, 3.63) is 42.0 Å². The Balaban J connectivity index is 1.77. The number of nitrogens with one attached hydrogen (secondary N) is 1. The number of methoxy groups -OCH3 is 3. The summed E-state index contributed by atoms with van der Waals surface area (Å²) >= 11 is 0. The Morgan fingerprint density at radius 2 is 1.53 bits per heavy atom. The van der Waals surface area contributed by atoms with Gasteiger partial charge in [0.25, 0.3) is 5.91 Å². The van der Waals surface area contributed by atoms with Crippen LogP contribution >= 0.6 is 0 Å². The number of aromatic nitrogens is 2. The normalized spacial score (nSPS) is 11.4. The zero-order valence-corrected chi connectivity index (χ0v) is 21.7. The van der Waals surface area contributed by atoms with Gasteiger partial charge < -0.3 is 18.6 Å². The fraction of sp³-hybridized carbons (Fsp3) is 0.375. The van der Waals surface area contributed by atoms with Crippen molar-refractivity contribution in [3.8, 4) is 28.7 Å². The van der Waals surface area contributed by atoms with Crippen molar-refractivity contribution in [1.29, 1.82) is 0 Å². The van der Waals surface area contributed by atoms with Gasteiger partial charge in [-0.2, -0.15) is 4.31 Å². The number of sulfonamides is 1. The topological polar surface area (TPSA) is 133 Å². The second kappa shape index (κ2) is 11.9. The van der Waals surface area contributed by atoms with E-state index in [4.69, 9.17) is 18.6 Å². The molecule has 1 amide bonds. The number of rotatable bonds is 12. The second-order valence-corrected chi connectivity index (χ2v) is 9.65. The number of amides is 1. The SMILES string of the molecule is CCCN(CCC)S(=O)(=O)c1ccc(C(=O)Nc2nnc(-c3cc(OC)c(OC)c(OC)c3)o2)cc1. The molecule has 194 valence electrons. The molecule has 0 saturated carbocycles. The molecule has 0 unspecified atom stereocenters. The highest BCUT2D eigenvalue weighted by Gasteiger charge is 2.24. The van der Waals surface area contributed by atoms with Crippen molar-refractivity contribution in [2.75, 3.05) is 39.7 Å². The molecule has 0 radical (unpaired) electrons. The minimum atomic E-state index is -3.64. The summed E-state index contributed by atoms with van der Waals surface area (Å²) in [6.45, 7) is 4.72. The summed E-state index contributed by atoms with van der Waals surface area (Å²) in [5.74, 6) is 0.815. The third-order valence-electron chi connectivity index (χ3n) is 5.26. The van der Waals surface area contributed by atoms with Crippen LogP contribution in [0.3, 0.4) is 0 Å². The van der Waals surface area contributed by atoms with Gasteiger partial charge in [0.1, 0.15) is 0 Å². The third kappa shape index (κ3) is 5.77. The van der Waals surface area contributed by atoms with Gasteiger partial charge in [0, 0.05) is 24.2 Å². The molecule has 3 rings (SSSR count). The van der Waals surface area contributed by atoms with Gasteiger partial charge in [-0.05, 0) is 49.2 Å². The molecule has 12 heteroatoms. The maximum atomic E-state index is 12.9. The lowest BCUT2D eigenvalue weighted by molar-refractivity contribution is 0.102. The van der Waals surface area contributed by atoms with Gasteiger partial charge in [0.2, 0.25) is 21.7 Å². The quantitative estimate of drug-likeness (QED) is 0.380. The van der Waals surface area contributed by atoms with Gasteiger partial charge in [0.15, 0.2) is 11.5 Å². The Hall–Kier alpha value is -3.64. The van der Waals surface area contributed by atoms with Gasteiger partial charge in [-0.25, -0.2) is 8.42 Å². The Kier molecular flexibility index (Phi) is 8.88. The molecule has 0 aliphatic carbocycles. The second-order valence-electron chi connectivity index (χ2n) is 7.71. The van der Waals surface area contributed by atoms with Crippen LogP contribution in [-0.2, 0) is 10.0 Å². The molecule has 0 bridgehead atoms. The zero-order chi connectivity index (χ0) is 26.3. The molecule has 0 saturated heterocycles. The number of ether oxygens (including phenoxy) is 3. The minimum absolute atomic E-state index is 0.123. The standard InChI is InChI=1S/C24H30N4O7S/c1-6-12-28(13-7-2)36(30,31)18-10-8-16(9-11-18)22(29)25-24-27-26-23(35-24)17-14-19(32-3)21(34-5)20(15-17)33-4/h8-11,14-15H,6-7,12-13H2,1-5H3,(H,25,27,29). The number of nitrogens with zero attached hydrogens (tertiary/aromatic N) is 3. The predicted molar refractivity (Wildman–Crippen MR) is 133 cm³/mol. The first-order chi connectivity index (χ1) is 17.3. The highest BCUT2D eigenvalue weighted by Crippen LogP contribution is 2.41. The van der Waals surface area contributed by atoms with Crippen LogP contribution in [0.1, 0.15) is 37.0 Å². The molecule has 2 aromatic carbocycles. The zero-order valence-electron chi connectivity index (χ0n) is 20.9. The molecule has 11 nitrogen and oxygen atoms in total. The number of hydrogen-bond donors (Lipinski definition) is 1. The molecule has 1 N–H and O–H groups in total. The van der Waals surface area contributed by atoms with E-state index in [2.05, 4.69) is 15.5 Å². The van der Waals surface area contributed by atoms with E-state index in [1.807, 2.05) is 13.8 Å². The minimum Gasteiger partial charge on any atom is -0.493 e. The van der Waals surface area contributed by atoms with Crippen LogP contribution in [0.25, 0.3) is 11.5 Å². The number of benzene rings is 2. The maximum Gasteiger partial charge on any atom is 0.322 e. The van der Waals surface area contributed by atoms with Crippen LogP contribution < -0.4 is 19.5 Å². The van der Waals surface area contributed by atoms with Crippen LogP contribution in [0.5, 0.6) is 17.2 Å². The van der Waals surface area contributed by atoms with Gasteiger partial charge in [-0.1, -0.05) is 18.9 Å². The monoisotopic (exact) mass is 518 g/mol. The number of hydrogen-bond acceptors (Lipinski definition) is 9. The lowest BCUT2D eigenvalue weighted by atomic mass is 10.2. The Bertz CT molecular complexity index is 1260. The van der Waals surface area contributed by atoms with E-state index in [0.717, 1.165) is 0 Å². The molecule has 36 heavy (non-hydrogen) atoms. The average molecular weight is 519 g/mol. The van der Waals surface area contributed by atoms with Crippen LogP contribution in [0.15, 0.2) is 45.7 Å². The van der Waals surface area contributed by atoms with Crippen LogP contribution in [0.4, 0.5) is 6.01 Å². The predicted octanol–water partition coefficient (Wildman–Crippen LogP) is 3.83. The maximum absolute atomic E-state index is 12.9. The molecule has 1 heterocycles. The average Bonchev–Trinajstić information content (AvgIpc) is 3.36. The van der Waals surface area contributed by atoms with Gasteiger partial charge in [-0.15, -0.1) is 5.10 Å². The largest absolute Gasteiger partial charge is 0.493 e. The van der Waals surface area contributed by atoms with E-state index in [1.54, 1.807) is 12.1 Å². The van der Waals surface area contributed by atoms with Crippen molar-refractivity contribution < 1.29 is 31.8 Å². The fourth-order valence-electron chi connectivity index (χ4n) is 3.54. The molecule has 3 aromatic rings. The molecule has 1 aromatic heterocycles. The molecule has 0 spiro atoms. The van der Waals surface area contributed by atoms with Gasteiger partial charge in [0.05, 0.1) is 26.2 Å². The molecular weight excluding hydrogens is 488 g/mol. The fourth-order valence-corrected chi connectivity index (χ4v) is 5.17. The summed E-state index contributed by atoms with van der Waals surface area (Å²) in [5.41, 5.74) is 0.731. The lowest BCUT2D eigenvalue weighted by Gasteiger charge is -2.21. The Morgan fingerprint density at radius 3 is 2.03 bits per heavy atom. The Morgan fingerprint density at radius 1 is 0.944 bits per heavy atom. The lowest BCUT2D eigenvalue weighted by Crippen LogP contribution is -2.32. The summed E-state index contributed by atoms with van der Waals surface area (Å²) in [6.07, 6.45) is 1.42. The summed E-state index contributed by atoms with van der Waals surface area (Å²) in [4.78, 5) is 12.8. The van der Waals surface area contributed by atoms with E-state index in [9.17, 15) is 13.2 Å². The first-order valence-corrected chi connectivity index (χ1v) is 12.8. The van der Waals surface area contributed by atoms with Crippen LogP contribution in [0, 0.1) is 0 Å². The third-order valence-corrected chi connectivity index (χ3v) is 7.17. The molecule has 0 aliphatic heterocycles.